The van der Waals surface area contributed by atoms with E-state index in [4.69, 9.17) is 11.7 Å². The number of benzene rings is 2. The second-order valence-corrected chi connectivity index (χ2v) is 6.18. The van der Waals surface area contributed by atoms with Crippen LogP contribution >= 0.6 is 11.8 Å². The summed E-state index contributed by atoms with van der Waals surface area (Å²) in [5.74, 6) is 9.71. The van der Waals surface area contributed by atoms with Crippen LogP contribution in [-0.4, -0.2) is 26.9 Å². The predicted molar refractivity (Wildman–Crippen MR) is 96.3 cm³/mol. The van der Waals surface area contributed by atoms with Crippen LogP contribution in [-0.2, 0) is 6.18 Å². The van der Waals surface area contributed by atoms with E-state index in [1.807, 2.05) is 0 Å². The van der Waals surface area contributed by atoms with Gasteiger partial charge in [0.05, 0.1) is 17.0 Å². The van der Waals surface area contributed by atoms with Crippen molar-refractivity contribution >= 4 is 28.4 Å². The topological polar surface area (TPSA) is 125 Å². The number of Topliss-reactive ketones (excluding diaryl/α,β-unsaturated/α-hetero) is 1. The number of ketones is 1. The fraction of sp³-hybridized carbons (Fsp3) is 0.125. The molecule has 2 rings (SSSR count). The minimum Gasteiger partial charge on any atom is -0.504 e. The van der Waals surface area contributed by atoms with Gasteiger partial charge in [0.15, 0.2) is 17.3 Å². The van der Waals surface area contributed by atoms with E-state index in [0.29, 0.717) is 0 Å². The Bertz CT molecular complexity index is 857. The van der Waals surface area contributed by atoms with Gasteiger partial charge in [0, 0.05) is 5.56 Å². The summed E-state index contributed by atoms with van der Waals surface area (Å²) >= 11 is 0.857. The van der Waals surface area contributed by atoms with E-state index in [9.17, 15) is 28.2 Å². The highest BCUT2D eigenvalue weighted by atomic mass is 32.2. The maximum Gasteiger partial charge on any atom is 0.416 e. The second-order valence-electron chi connectivity index (χ2n) is 5.24. The molecule has 2 aromatic rings. The first-order valence-electron chi connectivity index (χ1n) is 7.31. The summed E-state index contributed by atoms with van der Waals surface area (Å²) in [4.78, 5) is 12.1. The van der Waals surface area contributed by atoms with E-state index < -0.39 is 23.3 Å². The SMILES string of the molecule is N/N=C(/SCC(=O)c1ccc(O)c(O)c1)N(N)c1ccc(C(F)(F)F)cc1. The first-order valence-corrected chi connectivity index (χ1v) is 8.30. The molecule has 0 aliphatic heterocycles. The molecule has 27 heavy (non-hydrogen) atoms. The molecule has 0 saturated carbocycles. The Morgan fingerprint density at radius 2 is 1.74 bits per heavy atom. The molecule has 0 aliphatic rings. The van der Waals surface area contributed by atoms with Crippen LogP contribution < -0.4 is 16.7 Å². The number of rotatable bonds is 4. The number of hydrogen-bond acceptors (Lipinski definition) is 7. The highest BCUT2D eigenvalue weighted by Gasteiger charge is 2.30. The van der Waals surface area contributed by atoms with Crippen molar-refractivity contribution in [2.75, 3.05) is 10.8 Å². The standard InChI is InChI=1S/C16H15F3N4O3S/c17-16(18,19)10-2-4-11(5-3-10)23(21)15(22-20)27-8-14(26)9-1-6-12(24)13(25)7-9/h1-7,24-25H,8,20-21H2/b22-15+. The molecule has 2 aromatic carbocycles. The molecule has 0 aliphatic carbocycles. The Morgan fingerprint density at radius 1 is 1.11 bits per heavy atom. The molecule has 11 heteroatoms. The van der Waals surface area contributed by atoms with Crippen LogP contribution in [0.3, 0.4) is 0 Å². The third kappa shape index (κ3) is 5.05. The smallest absolute Gasteiger partial charge is 0.416 e. The number of amidine groups is 1. The molecule has 0 aromatic heterocycles. The van der Waals surface area contributed by atoms with Gasteiger partial charge in [-0.1, -0.05) is 11.8 Å². The molecule has 0 radical (unpaired) electrons. The van der Waals surface area contributed by atoms with Crippen molar-refractivity contribution in [1.82, 2.24) is 0 Å². The van der Waals surface area contributed by atoms with Gasteiger partial charge in [-0.25, -0.2) is 5.84 Å². The zero-order valence-corrected chi connectivity index (χ0v) is 14.5. The normalized spacial score (nSPS) is 12.1. The fourth-order valence-corrected chi connectivity index (χ4v) is 2.75. The summed E-state index contributed by atoms with van der Waals surface area (Å²) in [5, 5.41) is 23.1. The molecule has 7 nitrogen and oxygen atoms in total. The number of aromatic hydroxyl groups is 2. The molecule has 0 heterocycles. The number of phenolic OH excluding ortho intramolecular Hbond substituents is 2. The summed E-state index contributed by atoms with van der Waals surface area (Å²) in [7, 11) is 0. The monoisotopic (exact) mass is 400 g/mol. The van der Waals surface area contributed by atoms with E-state index in [1.54, 1.807) is 0 Å². The van der Waals surface area contributed by atoms with E-state index in [-0.39, 0.29) is 27.9 Å². The highest BCUT2D eigenvalue weighted by Crippen LogP contribution is 2.30. The maximum absolute atomic E-state index is 12.6. The zero-order valence-electron chi connectivity index (χ0n) is 13.6. The summed E-state index contributed by atoms with van der Waals surface area (Å²) in [5.41, 5.74) is -0.498. The zero-order chi connectivity index (χ0) is 20.2. The van der Waals surface area contributed by atoms with E-state index in [0.717, 1.165) is 47.1 Å². The molecule has 0 amide bonds. The number of hydrogen-bond donors (Lipinski definition) is 4. The van der Waals surface area contributed by atoms with Gasteiger partial charge in [-0.05, 0) is 42.5 Å². The molecule has 144 valence electrons. The third-order valence-electron chi connectivity index (χ3n) is 3.42. The quantitative estimate of drug-likeness (QED) is 0.155. The van der Waals surface area contributed by atoms with Crippen molar-refractivity contribution in [2.45, 2.75) is 6.18 Å². The lowest BCUT2D eigenvalue weighted by molar-refractivity contribution is -0.137. The van der Waals surface area contributed by atoms with E-state index >= 15 is 0 Å². The maximum atomic E-state index is 12.6. The lowest BCUT2D eigenvalue weighted by Crippen LogP contribution is -2.37. The Balaban J connectivity index is 2.06. The second kappa shape index (κ2) is 8.18. The van der Waals surface area contributed by atoms with E-state index in [2.05, 4.69) is 5.10 Å². The number of phenols is 2. The predicted octanol–water partition coefficient (Wildman–Crippen LogP) is 2.64. The number of carbonyl (C=O) groups is 1. The molecular formula is C16H15F3N4O3S. The van der Waals surface area contributed by atoms with Gasteiger partial charge in [-0.2, -0.15) is 18.3 Å². The van der Waals surface area contributed by atoms with Gasteiger partial charge >= 0.3 is 6.18 Å². The van der Waals surface area contributed by atoms with Crippen molar-refractivity contribution in [3.05, 3.63) is 53.6 Å². The number of alkyl halides is 3. The first-order chi connectivity index (χ1) is 12.6. The number of nitrogens with zero attached hydrogens (tertiary/aromatic N) is 2. The molecule has 6 N–H and O–H groups in total. The molecule has 0 unspecified atom stereocenters. The number of anilines is 1. The Kier molecular flexibility index (Phi) is 6.18. The molecule has 0 spiro atoms. The van der Waals surface area contributed by atoms with Crippen molar-refractivity contribution < 1.29 is 28.2 Å². The summed E-state index contributed by atoms with van der Waals surface area (Å²) in [6.45, 7) is 0. The number of halogens is 3. The van der Waals surface area contributed by atoms with Gasteiger partial charge in [-0.3, -0.25) is 9.80 Å². The van der Waals surface area contributed by atoms with Gasteiger partial charge < -0.3 is 16.1 Å². The summed E-state index contributed by atoms with van der Waals surface area (Å²) in [6.07, 6.45) is -4.47. The van der Waals surface area contributed by atoms with Gasteiger partial charge in [-0.15, -0.1) is 0 Å². The minimum atomic E-state index is -4.47. The van der Waals surface area contributed by atoms with Crippen LogP contribution in [0.1, 0.15) is 15.9 Å². The van der Waals surface area contributed by atoms with Crippen LogP contribution in [0.15, 0.2) is 47.6 Å². The van der Waals surface area contributed by atoms with Crippen LogP contribution in [0.4, 0.5) is 18.9 Å². The lowest BCUT2D eigenvalue weighted by atomic mass is 10.1. The summed E-state index contributed by atoms with van der Waals surface area (Å²) < 4.78 is 37.8. The van der Waals surface area contributed by atoms with Gasteiger partial charge in [0.2, 0.25) is 5.17 Å². The average Bonchev–Trinajstić information content (AvgIpc) is 2.63. The van der Waals surface area contributed by atoms with E-state index in [1.165, 1.54) is 12.1 Å². The highest BCUT2D eigenvalue weighted by molar-refractivity contribution is 8.14. The Labute approximate surface area is 156 Å². The fourth-order valence-electron chi connectivity index (χ4n) is 2.00. The lowest BCUT2D eigenvalue weighted by Gasteiger charge is -2.19. The van der Waals surface area contributed by atoms with Crippen molar-refractivity contribution in [3.63, 3.8) is 0 Å². The van der Waals surface area contributed by atoms with Gasteiger partial charge in [0.25, 0.3) is 0 Å². The third-order valence-corrected chi connectivity index (χ3v) is 4.39. The number of hydrazone groups is 1. The van der Waals surface area contributed by atoms with Crippen LogP contribution in [0.2, 0.25) is 0 Å². The largest absolute Gasteiger partial charge is 0.504 e. The number of nitrogens with two attached hydrogens (primary N) is 2. The minimum absolute atomic E-state index is 0.00823. The average molecular weight is 400 g/mol. The Hall–Kier alpha value is -2.92. The molecular weight excluding hydrogens is 385 g/mol. The van der Waals surface area contributed by atoms with Crippen molar-refractivity contribution in [1.29, 1.82) is 0 Å². The first kappa shape index (κ1) is 20.4. The number of thioether (sulfide) groups is 1. The number of hydrazine groups is 1. The summed E-state index contributed by atoms with van der Waals surface area (Å²) in [6, 6.07) is 7.61. The van der Waals surface area contributed by atoms with Crippen molar-refractivity contribution in [2.24, 2.45) is 16.8 Å². The van der Waals surface area contributed by atoms with Crippen molar-refractivity contribution in [3.8, 4) is 11.5 Å². The Morgan fingerprint density at radius 3 is 2.26 bits per heavy atom. The molecule has 0 fully saturated rings. The molecule has 0 atom stereocenters. The number of carbonyl (C=O) groups excluding carboxylic acids is 1. The van der Waals surface area contributed by atoms with Crippen LogP contribution in [0.5, 0.6) is 11.5 Å². The van der Waals surface area contributed by atoms with Crippen LogP contribution in [0.25, 0.3) is 0 Å². The van der Waals surface area contributed by atoms with Crippen LogP contribution in [0, 0.1) is 0 Å². The molecule has 0 saturated heterocycles. The molecule has 0 bridgehead atoms. The van der Waals surface area contributed by atoms with Gasteiger partial charge in [0.1, 0.15) is 0 Å².